The Kier molecular flexibility index (Phi) is 9.51. The van der Waals surface area contributed by atoms with Gasteiger partial charge in [0.2, 0.25) is 0 Å². The molecular formula is C31H34N4O8. The van der Waals surface area contributed by atoms with Gasteiger partial charge in [-0.25, -0.2) is 14.2 Å². The zero-order chi connectivity index (χ0) is 31.3. The van der Waals surface area contributed by atoms with Gasteiger partial charge in [-0.2, -0.15) is 0 Å². The van der Waals surface area contributed by atoms with E-state index < -0.39 is 46.8 Å². The summed E-state index contributed by atoms with van der Waals surface area (Å²) < 4.78 is 13.4. The van der Waals surface area contributed by atoms with Gasteiger partial charge in [0.25, 0.3) is 11.5 Å². The molecule has 0 aliphatic carbocycles. The summed E-state index contributed by atoms with van der Waals surface area (Å²) in [7, 11) is 3.38. The van der Waals surface area contributed by atoms with Crippen LogP contribution in [0, 0.1) is 0 Å². The highest BCUT2D eigenvalue weighted by molar-refractivity contribution is 6.01. The molecule has 1 unspecified atom stereocenters. The molecule has 3 aromatic carbocycles. The summed E-state index contributed by atoms with van der Waals surface area (Å²) in [6.45, 7) is 4.36. The minimum atomic E-state index is -1.17. The van der Waals surface area contributed by atoms with Crippen LogP contribution in [-0.4, -0.2) is 63.6 Å². The van der Waals surface area contributed by atoms with Gasteiger partial charge in [-0.05, 0) is 68.9 Å². The highest BCUT2D eigenvalue weighted by Crippen LogP contribution is 2.26. The van der Waals surface area contributed by atoms with E-state index in [4.69, 9.17) is 9.47 Å². The van der Waals surface area contributed by atoms with Crippen LogP contribution in [0.2, 0.25) is 0 Å². The summed E-state index contributed by atoms with van der Waals surface area (Å²) >= 11 is 0. The van der Waals surface area contributed by atoms with Crippen LogP contribution in [0.4, 0.5) is 0 Å². The van der Waals surface area contributed by atoms with Crippen LogP contribution in [-0.2, 0) is 23.0 Å². The molecule has 0 radical (unpaired) electrons. The molecule has 1 aromatic heterocycles. The summed E-state index contributed by atoms with van der Waals surface area (Å²) in [4.78, 5) is 52.5. The van der Waals surface area contributed by atoms with E-state index in [-0.39, 0.29) is 12.0 Å². The van der Waals surface area contributed by atoms with Crippen molar-refractivity contribution in [2.45, 2.75) is 32.4 Å². The number of carbonyl (C=O) groups excluding carboxylic acids is 2. The van der Waals surface area contributed by atoms with E-state index >= 15 is 0 Å². The number of ether oxygens (including phenoxy) is 2. The van der Waals surface area contributed by atoms with Crippen LogP contribution in [0.25, 0.3) is 16.6 Å². The van der Waals surface area contributed by atoms with Gasteiger partial charge in [0.15, 0.2) is 0 Å². The highest BCUT2D eigenvalue weighted by atomic mass is 16.5. The number of benzene rings is 3. The van der Waals surface area contributed by atoms with Crippen molar-refractivity contribution < 1.29 is 29.3 Å². The Bertz CT molecular complexity index is 1740. The first-order valence-corrected chi connectivity index (χ1v) is 13.7. The lowest BCUT2D eigenvalue weighted by Gasteiger charge is -2.20. The number of fused-ring (bicyclic) bond motifs is 1. The Balaban J connectivity index is 1.64. The normalized spacial score (nSPS) is 11.8. The lowest BCUT2D eigenvalue weighted by Crippen LogP contribution is -2.44. The second kappa shape index (κ2) is 13.3. The van der Waals surface area contributed by atoms with E-state index in [1.54, 1.807) is 70.4 Å². The largest absolute Gasteiger partial charge is 0.507 e. The standard InChI is InChI=1S/C31H34N4O8/c1-18(2)43-30(40)23(33-28(38)27-25(36)6-5-7-26(27)37)16-19-8-10-20(11-9-19)35-29(39)22-17-21(42-15-14-32-3)12-13-24(22)34(4)31(35)41/h5-13,17-18,23,32,36-37H,14-16H2,1-4H3,(H,33,38). The van der Waals surface area contributed by atoms with Crippen LogP contribution in [0.15, 0.2) is 70.3 Å². The third-order valence-electron chi connectivity index (χ3n) is 6.69. The number of aromatic hydroxyl groups is 2. The molecule has 1 heterocycles. The van der Waals surface area contributed by atoms with Crippen LogP contribution < -0.4 is 26.6 Å². The first-order chi connectivity index (χ1) is 20.5. The smallest absolute Gasteiger partial charge is 0.335 e. The van der Waals surface area contributed by atoms with Crippen molar-refractivity contribution in [1.29, 1.82) is 0 Å². The minimum Gasteiger partial charge on any atom is -0.507 e. The van der Waals surface area contributed by atoms with Crippen molar-refractivity contribution in [3.63, 3.8) is 0 Å². The van der Waals surface area contributed by atoms with Gasteiger partial charge in [-0.1, -0.05) is 18.2 Å². The average molecular weight is 591 g/mol. The van der Waals surface area contributed by atoms with Gasteiger partial charge in [0.1, 0.15) is 35.5 Å². The minimum absolute atomic E-state index is 0.0100. The number of hydrogen-bond acceptors (Lipinski definition) is 9. The van der Waals surface area contributed by atoms with Crippen LogP contribution in [0.3, 0.4) is 0 Å². The number of aryl methyl sites for hydroxylation is 1. The van der Waals surface area contributed by atoms with Crippen molar-refractivity contribution in [3.8, 4) is 22.9 Å². The van der Waals surface area contributed by atoms with E-state index in [9.17, 15) is 29.4 Å². The lowest BCUT2D eigenvalue weighted by atomic mass is 10.0. The Morgan fingerprint density at radius 1 is 0.977 bits per heavy atom. The Labute approximate surface area is 247 Å². The molecule has 4 aromatic rings. The molecule has 1 atom stereocenters. The summed E-state index contributed by atoms with van der Waals surface area (Å²) in [5.74, 6) is -1.97. The quantitative estimate of drug-likeness (QED) is 0.151. The molecule has 43 heavy (non-hydrogen) atoms. The number of carbonyl (C=O) groups is 2. The fourth-order valence-corrected chi connectivity index (χ4v) is 4.54. The molecule has 0 aliphatic heterocycles. The number of likely N-dealkylation sites (N-methyl/N-ethyl adjacent to an activating group) is 1. The molecule has 0 aliphatic rings. The molecule has 4 rings (SSSR count). The predicted molar refractivity (Wildman–Crippen MR) is 160 cm³/mol. The third-order valence-corrected chi connectivity index (χ3v) is 6.69. The number of phenols is 2. The fraction of sp³-hybridized carbons (Fsp3) is 0.290. The Morgan fingerprint density at radius 2 is 1.65 bits per heavy atom. The maximum Gasteiger partial charge on any atom is 0.335 e. The monoisotopic (exact) mass is 590 g/mol. The van der Waals surface area contributed by atoms with Crippen molar-refractivity contribution in [2.75, 3.05) is 20.2 Å². The van der Waals surface area contributed by atoms with E-state index in [0.717, 1.165) is 4.57 Å². The first-order valence-electron chi connectivity index (χ1n) is 13.7. The molecule has 12 heteroatoms. The van der Waals surface area contributed by atoms with Gasteiger partial charge >= 0.3 is 11.7 Å². The molecule has 0 fully saturated rings. The molecular weight excluding hydrogens is 556 g/mol. The second-order valence-corrected chi connectivity index (χ2v) is 10.2. The third kappa shape index (κ3) is 6.87. The number of hydrogen-bond donors (Lipinski definition) is 4. The van der Waals surface area contributed by atoms with Crippen molar-refractivity contribution >= 4 is 22.8 Å². The van der Waals surface area contributed by atoms with Crippen molar-refractivity contribution in [1.82, 2.24) is 19.8 Å². The maximum atomic E-state index is 13.5. The zero-order valence-corrected chi connectivity index (χ0v) is 24.3. The van der Waals surface area contributed by atoms with E-state index in [1.807, 2.05) is 0 Å². The predicted octanol–water partition coefficient (Wildman–Crippen LogP) is 1.99. The molecule has 4 N–H and O–H groups in total. The summed E-state index contributed by atoms with van der Waals surface area (Å²) in [5, 5.41) is 26.0. The van der Waals surface area contributed by atoms with Crippen molar-refractivity contribution in [2.24, 2.45) is 7.05 Å². The number of rotatable bonds is 11. The highest BCUT2D eigenvalue weighted by Gasteiger charge is 2.27. The number of nitrogens with one attached hydrogen (secondary N) is 2. The van der Waals surface area contributed by atoms with Gasteiger partial charge in [0, 0.05) is 20.0 Å². The zero-order valence-electron chi connectivity index (χ0n) is 24.3. The Hall–Kier alpha value is -5.10. The van der Waals surface area contributed by atoms with Crippen LogP contribution in [0.5, 0.6) is 17.2 Å². The molecule has 1 amide bonds. The van der Waals surface area contributed by atoms with E-state index in [2.05, 4.69) is 10.6 Å². The number of aromatic nitrogens is 2. The number of nitrogens with zero attached hydrogens (tertiary/aromatic N) is 2. The number of phenolic OH excluding ortho intramolecular Hbond substituents is 2. The molecule has 12 nitrogen and oxygen atoms in total. The van der Waals surface area contributed by atoms with Crippen LogP contribution in [0.1, 0.15) is 29.8 Å². The molecule has 0 saturated carbocycles. The maximum absolute atomic E-state index is 13.5. The molecule has 226 valence electrons. The van der Waals surface area contributed by atoms with Crippen molar-refractivity contribution in [3.05, 3.63) is 92.6 Å². The summed E-state index contributed by atoms with van der Waals surface area (Å²) in [5.41, 5.74) is -0.0754. The molecule has 0 spiro atoms. The van der Waals surface area contributed by atoms with E-state index in [0.29, 0.717) is 41.1 Å². The average Bonchev–Trinajstić information content (AvgIpc) is 2.96. The number of esters is 1. The Morgan fingerprint density at radius 3 is 2.28 bits per heavy atom. The van der Waals surface area contributed by atoms with E-state index in [1.165, 1.54) is 22.8 Å². The molecule has 0 bridgehead atoms. The van der Waals surface area contributed by atoms with Gasteiger partial charge in [0.05, 0.1) is 22.7 Å². The lowest BCUT2D eigenvalue weighted by molar-refractivity contribution is -0.149. The molecule has 0 saturated heterocycles. The van der Waals surface area contributed by atoms with Gasteiger partial charge < -0.3 is 30.3 Å². The fourth-order valence-electron chi connectivity index (χ4n) is 4.54. The van der Waals surface area contributed by atoms with Gasteiger partial charge in [-0.3, -0.25) is 14.2 Å². The number of amides is 1. The summed E-state index contributed by atoms with van der Waals surface area (Å²) in [6, 6.07) is 14.1. The van der Waals surface area contributed by atoms with Crippen LogP contribution >= 0.6 is 0 Å². The summed E-state index contributed by atoms with van der Waals surface area (Å²) in [6.07, 6.45) is -0.470. The topological polar surface area (TPSA) is 161 Å². The SMILES string of the molecule is CNCCOc1ccc2c(c1)c(=O)n(-c1ccc(CC(NC(=O)c3c(O)cccc3O)C(=O)OC(C)C)cc1)c(=O)n2C. The first kappa shape index (κ1) is 30.8. The second-order valence-electron chi connectivity index (χ2n) is 10.2. The van der Waals surface area contributed by atoms with Gasteiger partial charge in [-0.15, -0.1) is 0 Å².